The van der Waals surface area contributed by atoms with Gasteiger partial charge in [0.2, 0.25) is 0 Å². The summed E-state index contributed by atoms with van der Waals surface area (Å²) in [6, 6.07) is -0.997. The van der Waals surface area contributed by atoms with Crippen LogP contribution in [-0.4, -0.2) is 63.0 Å². The molecular weight excluding hydrogens is 247 g/mol. The van der Waals surface area contributed by atoms with E-state index in [1.165, 1.54) is 0 Å². The van der Waals surface area contributed by atoms with E-state index < -0.39 is 24.3 Å². The third-order valence-electron chi connectivity index (χ3n) is 3.59. The van der Waals surface area contributed by atoms with E-state index >= 15 is 0 Å². The third-order valence-corrected chi connectivity index (χ3v) is 3.59. The van der Waals surface area contributed by atoms with Crippen molar-refractivity contribution in [1.82, 2.24) is 20.3 Å². The standard InChI is InChI=1S/C11H15BN4O3/c12-11-14-2-5-7(16-11)4(1-13-5)8-10(19)9(18)6(3-17)15-8/h1-2,6,8-10,13,15,17-19H,3,12H2. The fraction of sp³-hybridized carbons (Fsp3) is 0.455. The van der Waals surface area contributed by atoms with Gasteiger partial charge < -0.3 is 25.6 Å². The summed E-state index contributed by atoms with van der Waals surface area (Å²) in [5.41, 5.74) is 2.90. The molecule has 2 aromatic rings. The zero-order valence-electron chi connectivity index (χ0n) is 10.4. The van der Waals surface area contributed by atoms with Gasteiger partial charge >= 0.3 is 0 Å². The Morgan fingerprint density at radius 1 is 1.32 bits per heavy atom. The molecule has 1 aliphatic rings. The van der Waals surface area contributed by atoms with Crippen LogP contribution in [-0.2, 0) is 0 Å². The fourth-order valence-electron chi connectivity index (χ4n) is 2.55. The van der Waals surface area contributed by atoms with Crippen molar-refractivity contribution in [3.63, 3.8) is 0 Å². The van der Waals surface area contributed by atoms with Crippen LogP contribution in [0.3, 0.4) is 0 Å². The molecule has 0 aliphatic carbocycles. The number of hydrogen-bond acceptors (Lipinski definition) is 6. The van der Waals surface area contributed by atoms with Crippen LogP contribution in [0.1, 0.15) is 11.6 Å². The van der Waals surface area contributed by atoms with Gasteiger partial charge in [-0.15, -0.1) is 0 Å². The molecule has 0 spiro atoms. The number of aromatic amines is 1. The summed E-state index contributed by atoms with van der Waals surface area (Å²) in [6.45, 7) is -0.231. The number of aromatic nitrogens is 3. The molecule has 3 rings (SSSR count). The predicted octanol–water partition coefficient (Wildman–Crippen LogP) is -3.06. The SMILES string of the molecule is Bc1ncc2[nH]cc(C3NC(CO)C(O)C3O)c2n1. The number of aliphatic hydroxyl groups excluding tert-OH is 3. The summed E-state index contributed by atoms with van der Waals surface area (Å²) < 4.78 is 0. The van der Waals surface area contributed by atoms with Crippen molar-refractivity contribution in [2.24, 2.45) is 0 Å². The quantitative estimate of drug-likeness (QED) is 0.367. The van der Waals surface area contributed by atoms with Gasteiger partial charge in [-0.1, -0.05) is 0 Å². The third kappa shape index (κ3) is 1.93. The molecule has 0 aromatic carbocycles. The Bertz CT molecular complexity index is 605. The highest BCUT2D eigenvalue weighted by Crippen LogP contribution is 2.30. The van der Waals surface area contributed by atoms with Crippen molar-refractivity contribution < 1.29 is 15.3 Å². The lowest BCUT2D eigenvalue weighted by molar-refractivity contribution is 0.0196. The van der Waals surface area contributed by atoms with Crippen molar-refractivity contribution in [1.29, 1.82) is 0 Å². The highest BCUT2D eigenvalue weighted by Gasteiger charge is 2.42. The Hall–Kier alpha value is -1.48. The molecule has 1 fully saturated rings. The van der Waals surface area contributed by atoms with Crippen LogP contribution in [0.15, 0.2) is 12.4 Å². The predicted molar refractivity (Wildman–Crippen MR) is 70.8 cm³/mol. The monoisotopic (exact) mass is 262 g/mol. The van der Waals surface area contributed by atoms with Crippen molar-refractivity contribution in [3.8, 4) is 0 Å². The second-order valence-corrected chi connectivity index (χ2v) is 4.84. The van der Waals surface area contributed by atoms with Gasteiger partial charge in [0, 0.05) is 11.8 Å². The average molecular weight is 262 g/mol. The first kappa shape index (κ1) is 12.6. The lowest BCUT2D eigenvalue weighted by Crippen LogP contribution is -2.35. The molecule has 100 valence electrons. The minimum absolute atomic E-state index is 0.231. The molecule has 4 unspecified atom stereocenters. The molecule has 0 bridgehead atoms. The van der Waals surface area contributed by atoms with Gasteiger partial charge in [0.15, 0.2) is 7.85 Å². The summed E-state index contributed by atoms with van der Waals surface area (Å²) in [4.78, 5) is 11.5. The number of rotatable bonds is 2. The van der Waals surface area contributed by atoms with Crippen LogP contribution in [0.2, 0.25) is 0 Å². The number of nitrogens with one attached hydrogen (secondary N) is 2. The fourth-order valence-corrected chi connectivity index (χ4v) is 2.55. The van der Waals surface area contributed by atoms with Crippen LogP contribution in [0.4, 0.5) is 0 Å². The maximum absolute atomic E-state index is 10.1. The van der Waals surface area contributed by atoms with E-state index in [-0.39, 0.29) is 6.61 Å². The van der Waals surface area contributed by atoms with E-state index in [4.69, 9.17) is 5.11 Å². The molecule has 8 heteroatoms. The Kier molecular flexibility index (Phi) is 3.02. The normalized spacial score (nSPS) is 31.1. The van der Waals surface area contributed by atoms with Crippen LogP contribution in [0, 0.1) is 0 Å². The van der Waals surface area contributed by atoms with E-state index in [0.717, 1.165) is 16.6 Å². The average Bonchev–Trinajstić information content (AvgIpc) is 2.92. The second kappa shape index (κ2) is 4.57. The lowest BCUT2D eigenvalue weighted by Gasteiger charge is -2.14. The van der Waals surface area contributed by atoms with E-state index in [9.17, 15) is 10.2 Å². The van der Waals surface area contributed by atoms with Crippen LogP contribution < -0.4 is 11.0 Å². The van der Waals surface area contributed by atoms with E-state index in [1.54, 1.807) is 20.2 Å². The van der Waals surface area contributed by atoms with Gasteiger partial charge in [-0.3, -0.25) is 4.98 Å². The van der Waals surface area contributed by atoms with Gasteiger partial charge in [-0.05, 0) is 0 Å². The zero-order chi connectivity index (χ0) is 13.6. The Labute approximate surface area is 110 Å². The number of nitrogens with zero attached hydrogens (tertiary/aromatic N) is 2. The van der Waals surface area contributed by atoms with Crippen molar-refractivity contribution in [2.75, 3.05) is 6.61 Å². The minimum atomic E-state index is -0.997. The summed E-state index contributed by atoms with van der Waals surface area (Å²) in [5, 5.41) is 32.1. The topological polar surface area (TPSA) is 114 Å². The van der Waals surface area contributed by atoms with Crippen LogP contribution in [0.25, 0.3) is 11.0 Å². The Balaban J connectivity index is 2.03. The highest BCUT2D eigenvalue weighted by atomic mass is 16.3. The van der Waals surface area contributed by atoms with Gasteiger partial charge in [0.25, 0.3) is 0 Å². The first-order valence-electron chi connectivity index (χ1n) is 6.15. The maximum Gasteiger partial charge on any atom is 0.189 e. The van der Waals surface area contributed by atoms with Gasteiger partial charge in [-0.2, -0.15) is 0 Å². The molecule has 2 aromatic heterocycles. The summed E-state index contributed by atoms with van der Waals surface area (Å²) >= 11 is 0. The Morgan fingerprint density at radius 2 is 2.11 bits per heavy atom. The van der Waals surface area contributed by atoms with Gasteiger partial charge in [-0.25, -0.2) is 4.98 Å². The van der Waals surface area contributed by atoms with E-state index in [2.05, 4.69) is 20.3 Å². The molecule has 3 heterocycles. The molecule has 1 saturated heterocycles. The van der Waals surface area contributed by atoms with Crippen molar-refractivity contribution in [2.45, 2.75) is 24.3 Å². The molecular formula is C11H15BN4O3. The van der Waals surface area contributed by atoms with Crippen LogP contribution >= 0.6 is 0 Å². The molecule has 19 heavy (non-hydrogen) atoms. The molecule has 0 amide bonds. The summed E-state index contributed by atoms with van der Waals surface area (Å²) in [7, 11) is 1.79. The number of fused-ring (bicyclic) bond motifs is 1. The van der Waals surface area contributed by atoms with E-state index in [1.807, 2.05) is 0 Å². The largest absolute Gasteiger partial charge is 0.395 e. The Morgan fingerprint density at radius 3 is 2.79 bits per heavy atom. The van der Waals surface area contributed by atoms with Gasteiger partial charge in [0.05, 0.1) is 47.7 Å². The second-order valence-electron chi connectivity index (χ2n) is 4.84. The first-order valence-corrected chi connectivity index (χ1v) is 6.15. The molecule has 0 saturated carbocycles. The summed E-state index contributed by atoms with van der Waals surface area (Å²) in [5.74, 6) is 0. The number of H-pyrrole nitrogens is 1. The zero-order valence-corrected chi connectivity index (χ0v) is 10.4. The lowest BCUT2D eigenvalue weighted by atomic mass is 10.0. The smallest absolute Gasteiger partial charge is 0.189 e. The number of aliphatic hydroxyl groups is 3. The number of hydrogen-bond donors (Lipinski definition) is 5. The van der Waals surface area contributed by atoms with Crippen molar-refractivity contribution >= 4 is 24.6 Å². The molecule has 0 radical (unpaired) electrons. The molecule has 7 nitrogen and oxygen atoms in total. The van der Waals surface area contributed by atoms with Crippen LogP contribution in [0.5, 0.6) is 0 Å². The molecule has 4 atom stereocenters. The molecule has 5 N–H and O–H groups in total. The highest BCUT2D eigenvalue weighted by molar-refractivity contribution is 6.29. The van der Waals surface area contributed by atoms with E-state index in [0.29, 0.717) is 5.72 Å². The van der Waals surface area contributed by atoms with Gasteiger partial charge in [0.1, 0.15) is 6.10 Å². The molecule has 1 aliphatic heterocycles. The minimum Gasteiger partial charge on any atom is -0.395 e. The summed E-state index contributed by atoms with van der Waals surface area (Å²) in [6.07, 6.45) is 1.45. The van der Waals surface area contributed by atoms with Crippen molar-refractivity contribution in [3.05, 3.63) is 18.0 Å². The first-order chi connectivity index (χ1) is 9.11. The maximum atomic E-state index is 10.1.